The van der Waals surface area contributed by atoms with Gasteiger partial charge in [-0.25, -0.2) is 9.37 Å². The van der Waals surface area contributed by atoms with Crippen LogP contribution < -0.4 is 14.8 Å². The van der Waals surface area contributed by atoms with Gasteiger partial charge in [-0.3, -0.25) is 0 Å². The zero-order valence-electron chi connectivity index (χ0n) is 10.3. The SMILES string of the molecule is CNc1ncnc(Oc2cc(Br)ccc2F)c1OC. The molecule has 5 nitrogen and oxygen atoms in total. The molecule has 0 saturated carbocycles. The number of hydrogen-bond acceptors (Lipinski definition) is 5. The van der Waals surface area contributed by atoms with E-state index in [9.17, 15) is 4.39 Å². The van der Waals surface area contributed by atoms with E-state index >= 15 is 0 Å². The van der Waals surface area contributed by atoms with Crippen LogP contribution in [-0.2, 0) is 0 Å². The van der Waals surface area contributed by atoms with Crippen LogP contribution in [0.25, 0.3) is 0 Å². The molecule has 1 aromatic carbocycles. The van der Waals surface area contributed by atoms with Gasteiger partial charge in [0, 0.05) is 11.5 Å². The summed E-state index contributed by atoms with van der Waals surface area (Å²) >= 11 is 3.25. The summed E-state index contributed by atoms with van der Waals surface area (Å²) in [6.07, 6.45) is 1.31. The Balaban J connectivity index is 2.40. The molecule has 2 aromatic rings. The van der Waals surface area contributed by atoms with E-state index < -0.39 is 5.82 Å². The second kappa shape index (κ2) is 5.83. The standard InChI is InChI=1S/C12H11BrFN3O2/c1-15-11-10(18-2)12(17-6-16-11)19-9-5-7(13)3-4-8(9)14/h3-6H,1-2H3,(H,15,16,17). The van der Waals surface area contributed by atoms with Gasteiger partial charge >= 0.3 is 0 Å². The highest BCUT2D eigenvalue weighted by Crippen LogP contribution is 2.35. The fourth-order valence-corrected chi connectivity index (χ4v) is 1.79. The van der Waals surface area contributed by atoms with Crippen molar-refractivity contribution in [1.29, 1.82) is 0 Å². The maximum atomic E-state index is 13.6. The highest BCUT2D eigenvalue weighted by Gasteiger charge is 2.15. The van der Waals surface area contributed by atoms with Gasteiger partial charge < -0.3 is 14.8 Å². The van der Waals surface area contributed by atoms with E-state index in [4.69, 9.17) is 9.47 Å². The van der Waals surface area contributed by atoms with Gasteiger partial charge in [0.15, 0.2) is 17.4 Å². The molecule has 0 spiro atoms. The topological polar surface area (TPSA) is 56.3 Å². The first-order chi connectivity index (χ1) is 9.15. The fourth-order valence-electron chi connectivity index (χ4n) is 1.45. The summed E-state index contributed by atoms with van der Waals surface area (Å²) in [7, 11) is 3.15. The van der Waals surface area contributed by atoms with E-state index in [1.165, 1.54) is 25.6 Å². The predicted molar refractivity (Wildman–Crippen MR) is 72.3 cm³/mol. The summed E-state index contributed by atoms with van der Waals surface area (Å²) in [5, 5.41) is 2.84. The van der Waals surface area contributed by atoms with Gasteiger partial charge in [-0.1, -0.05) is 15.9 Å². The average Bonchev–Trinajstić information content (AvgIpc) is 2.42. The number of benzene rings is 1. The first-order valence-corrected chi connectivity index (χ1v) is 6.14. The normalized spacial score (nSPS) is 10.1. The van der Waals surface area contributed by atoms with E-state index in [1.807, 2.05) is 0 Å². The minimum absolute atomic E-state index is 0.0495. The lowest BCUT2D eigenvalue weighted by Crippen LogP contribution is -2.01. The number of nitrogens with zero attached hydrogens (tertiary/aromatic N) is 2. The van der Waals surface area contributed by atoms with E-state index in [2.05, 4.69) is 31.2 Å². The molecule has 0 radical (unpaired) electrons. The molecule has 19 heavy (non-hydrogen) atoms. The minimum atomic E-state index is -0.491. The number of aromatic nitrogens is 2. The third-order valence-corrected chi connectivity index (χ3v) is 2.81. The lowest BCUT2D eigenvalue weighted by atomic mass is 10.3. The van der Waals surface area contributed by atoms with Crippen molar-refractivity contribution in [2.45, 2.75) is 0 Å². The lowest BCUT2D eigenvalue weighted by molar-refractivity contribution is 0.360. The van der Waals surface area contributed by atoms with Gasteiger partial charge in [0.2, 0.25) is 5.75 Å². The fraction of sp³-hybridized carbons (Fsp3) is 0.167. The maximum absolute atomic E-state index is 13.6. The quantitative estimate of drug-likeness (QED) is 0.934. The Morgan fingerprint density at radius 1 is 1.32 bits per heavy atom. The Kier molecular flexibility index (Phi) is 4.16. The molecule has 0 unspecified atom stereocenters. The van der Waals surface area contributed by atoms with Crippen LogP contribution in [0, 0.1) is 5.82 Å². The first-order valence-electron chi connectivity index (χ1n) is 5.35. The number of anilines is 1. The molecule has 0 aliphatic carbocycles. The van der Waals surface area contributed by atoms with Crippen LogP contribution >= 0.6 is 15.9 Å². The van der Waals surface area contributed by atoms with Crippen molar-refractivity contribution in [2.24, 2.45) is 0 Å². The van der Waals surface area contributed by atoms with Crippen molar-refractivity contribution in [3.05, 3.63) is 34.8 Å². The van der Waals surface area contributed by atoms with Gasteiger partial charge in [-0.2, -0.15) is 4.98 Å². The van der Waals surface area contributed by atoms with Crippen LogP contribution in [0.15, 0.2) is 29.0 Å². The summed E-state index contributed by atoms with van der Waals surface area (Å²) in [4.78, 5) is 7.92. The average molecular weight is 328 g/mol. The molecular formula is C12H11BrFN3O2. The van der Waals surface area contributed by atoms with E-state index in [-0.39, 0.29) is 11.6 Å². The number of halogens is 2. The number of nitrogens with one attached hydrogen (secondary N) is 1. The molecule has 0 saturated heterocycles. The Morgan fingerprint density at radius 2 is 2.11 bits per heavy atom. The second-order valence-electron chi connectivity index (χ2n) is 3.49. The highest BCUT2D eigenvalue weighted by atomic mass is 79.9. The molecular weight excluding hydrogens is 317 g/mol. The number of ether oxygens (including phenoxy) is 2. The van der Waals surface area contributed by atoms with Gasteiger partial charge in [-0.05, 0) is 18.2 Å². The van der Waals surface area contributed by atoms with Crippen molar-refractivity contribution in [3.8, 4) is 17.4 Å². The van der Waals surface area contributed by atoms with Crippen LogP contribution in [0.5, 0.6) is 17.4 Å². The Labute approximate surface area is 117 Å². The predicted octanol–water partition coefficient (Wildman–Crippen LogP) is 3.22. The van der Waals surface area contributed by atoms with Gasteiger partial charge in [0.25, 0.3) is 5.88 Å². The van der Waals surface area contributed by atoms with E-state index in [0.717, 1.165) is 0 Å². The van der Waals surface area contributed by atoms with Crippen LogP contribution in [0.4, 0.5) is 10.2 Å². The zero-order chi connectivity index (χ0) is 13.8. The van der Waals surface area contributed by atoms with Crippen molar-refractivity contribution >= 4 is 21.7 Å². The number of methoxy groups -OCH3 is 1. The van der Waals surface area contributed by atoms with Crippen LogP contribution in [-0.4, -0.2) is 24.1 Å². The number of rotatable bonds is 4. The summed E-state index contributed by atoms with van der Waals surface area (Å²) in [5.74, 6) is 0.467. The summed E-state index contributed by atoms with van der Waals surface area (Å²) in [6, 6.07) is 4.39. The minimum Gasteiger partial charge on any atom is -0.489 e. The second-order valence-corrected chi connectivity index (χ2v) is 4.40. The van der Waals surface area contributed by atoms with Gasteiger partial charge in [0.1, 0.15) is 6.33 Å². The van der Waals surface area contributed by atoms with E-state index in [1.54, 1.807) is 13.1 Å². The summed E-state index contributed by atoms with van der Waals surface area (Å²) < 4.78 is 24.9. The molecule has 0 aliphatic heterocycles. The lowest BCUT2D eigenvalue weighted by Gasteiger charge is -2.12. The smallest absolute Gasteiger partial charge is 0.268 e. The third-order valence-electron chi connectivity index (χ3n) is 2.31. The molecule has 0 bridgehead atoms. The molecule has 0 aliphatic rings. The molecule has 1 heterocycles. The number of hydrogen-bond donors (Lipinski definition) is 1. The molecule has 1 aromatic heterocycles. The van der Waals surface area contributed by atoms with Crippen molar-refractivity contribution in [1.82, 2.24) is 9.97 Å². The largest absolute Gasteiger partial charge is 0.489 e. The zero-order valence-corrected chi connectivity index (χ0v) is 11.9. The van der Waals surface area contributed by atoms with Crippen LogP contribution in [0.1, 0.15) is 0 Å². The highest BCUT2D eigenvalue weighted by molar-refractivity contribution is 9.10. The Bertz CT molecular complexity index is 595. The van der Waals surface area contributed by atoms with Crippen molar-refractivity contribution in [3.63, 3.8) is 0 Å². The monoisotopic (exact) mass is 327 g/mol. The van der Waals surface area contributed by atoms with Gasteiger partial charge in [-0.15, -0.1) is 0 Å². The van der Waals surface area contributed by atoms with Crippen molar-refractivity contribution in [2.75, 3.05) is 19.5 Å². The van der Waals surface area contributed by atoms with E-state index in [0.29, 0.717) is 16.0 Å². The Hall–Kier alpha value is -1.89. The maximum Gasteiger partial charge on any atom is 0.268 e. The Morgan fingerprint density at radius 3 is 2.79 bits per heavy atom. The molecule has 0 atom stereocenters. The van der Waals surface area contributed by atoms with Crippen LogP contribution in [0.2, 0.25) is 0 Å². The van der Waals surface area contributed by atoms with Gasteiger partial charge in [0.05, 0.1) is 7.11 Å². The molecule has 7 heteroatoms. The third kappa shape index (κ3) is 2.93. The molecule has 2 rings (SSSR count). The van der Waals surface area contributed by atoms with Crippen LogP contribution in [0.3, 0.4) is 0 Å². The molecule has 0 amide bonds. The first kappa shape index (κ1) is 13.5. The molecule has 0 fully saturated rings. The molecule has 100 valence electrons. The molecule has 1 N–H and O–H groups in total. The van der Waals surface area contributed by atoms with Crippen molar-refractivity contribution < 1.29 is 13.9 Å². The summed E-state index contributed by atoms with van der Waals surface area (Å²) in [6.45, 7) is 0. The summed E-state index contributed by atoms with van der Waals surface area (Å²) in [5.41, 5.74) is 0.